The van der Waals surface area contributed by atoms with Gasteiger partial charge in [-0.2, -0.15) is 0 Å². The van der Waals surface area contributed by atoms with Crippen LogP contribution in [0.5, 0.6) is 0 Å². The normalized spacial score (nSPS) is 16.8. The van der Waals surface area contributed by atoms with Gasteiger partial charge in [-0.25, -0.2) is 0 Å². The van der Waals surface area contributed by atoms with Crippen LogP contribution in [-0.2, 0) is 4.12 Å². The van der Waals surface area contributed by atoms with Crippen molar-refractivity contribution >= 4 is 20.2 Å². The molecule has 0 aromatic heterocycles. The maximum Gasteiger partial charge on any atom is 0.151 e. The molecule has 2 unspecified atom stereocenters. The highest BCUT2D eigenvalue weighted by Crippen LogP contribution is 2.47. The summed E-state index contributed by atoms with van der Waals surface area (Å²) in [4.78, 5) is 0. The zero-order chi connectivity index (χ0) is 20.4. The van der Waals surface area contributed by atoms with Gasteiger partial charge in [-0.3, -0.25) is 0 Å². The van der Waals surface area contributed by atoms with Gasteiger partial charge in [0.2, 0.25) is 0 Å². The fourth-order valence-electron chi connectivity index (χ4n) is 4.73. The number of hydrogen-bond donors (Lipinski definition) is 2. The molecule has 0 aliphatic heterocycles. The first-order valence-electron chi connectivity index (χ1n) is 11.7. The predicted molar refractivity (Wildman–Crippen MR) is 125 cm³/mol. The fourth-order valence-corrected chi connectivity index (χ4v) is 8.62. The minimum absolute atomic E-state index is 0.311. The van der Waals surface area contributed by atoms with Gasteiger partial charge in [0.1, 0.15) is 10.5 Å². The van der Waals surface area contributed by atoms with Crippen LogP contribution in [0.4, 0.5) is 0 Å². The van der Waals surface area contributed by atoms with Crippen LogP contribution < -0.4 is 0 Å². The van der Waals surface area contributed by atoms with E-state index in [1.54, 1.807) is 0 Å². The standard InChI is InChI=1S/C22H50O3Si2/c1-4-5-6-7-8-9-10-15-21(2,16-11-13-18-23)20-22(3,27-25-26)17-12-14-19-24/h23-24H,4-20,27H2,1-3,26H3. The second-order valence-corrected chi connectivity index (χ2v) is 13.8. The summed E-state index contributed by atoms with van der Waals surface area (Å²) in [6.07, 6.45) is 18.7. The lowest BCUT2D eigenvalue weighted by Crippen LogP contribution is -2.29. The van der Waals surface area contributed by atoms with Crippen molar-refractivity contribution in [3.63, 3.8) is 0 Å². The van der Waals surface area contributed by atoms with Gasteiger partial charge in [0, 0.05) is 13.2 Å². The van der Waals surface area contributed by atoms with Gasteiger partial charge < -0.3 is 14.3 Å². The first-order valence-corrected chi connectivity index (χ1v) is 13.8. The zero-order valence-electron chi connectivity index (χ0n) is 19.0. The molecule has 2 N–H and O–H groups in total. The van der Waals surface area contributed by atoms with Crippen LogP contribution >= 0.6 is 0 Å². The van der Waals surface area contributed by atoms with E-state index in [-0.39, 0.29) is 0 Å². The Hall–Kier alpha value is 0.314. The molecule has 0 fully saturated rings. The molecule has 0 bridgehead atoms. The summed E-state index contributed by atoms with van der Waals surface area (Å²) in [7, 11) is 0.349. The van der Waals surface area contributed by atoms with Crippen molar-refractivity contribution in [1.82, 2.24) is 0 Å². The Bertz CT molecular complexity index is 331. The fraction of sp³-hybridized carbons (Fsp3) is 1.00. The third kappa shape index (κ3) is 14.9. The number of rotatable bonds is 20. The number of aliphatic hydroxyl groups is 2. The monoisotopic (exact) mass is 418 g/mol. The number of unbranched alkanes of at least 4 members (excludes halogenated alkanes) is 8. The van der Waals surface area contributed by atoms with Crippen molar-refractivity contribution in [2.24, 2.45) is 5.41 Å². The highest BCUT2D eigenvalue weighted by molar-refractivity contribution is 6.38. The molecular formula is C22H50O3Si2. The van der Waals surface area contributed by atoms with Crippen molar-refractivity contribution in [3.05, 3.63) is 0 Å². The molecule has 0 saturated heterocycles. The molecule has 2 atom stereocenters. The molecule has 0 aromatic rings. The molecule has 5 heteroatoms. The number of hydrogen-bond acceptors (Lipinski definition) is 3. The van der Waals surface area contributed by atoms with Crippen LogP contribution in [0.1, 0.15) is 117 Å². The quantitative estimate of drug-likeness (QED) is 0.227. The molecule has 0 aliphatic carbocycles. The minimum atomic E-state index is -0.509. The molecule has 0 rings (SSSR count). The lowest BCUT2D eigenvalue weighted by molar-refractivity contribution is 0.183. The van der Waals surface area contributed by atoms with Crippen molar-refractivity contribution in [1.29, 1.82) is 0 Å². The SMILES string of the molecule is CCCCCCCCCC(C)(CCCCO)CC(C)(CCCCO)[SiH2]O[SiH3]. The Morgan fingerprint density at radius 3 is 1.74 bits per heavy atom. The Balaban J connectivity index is 4.65. The molecule has 27 heavy (non-hydrogen) atoms. The van der Waals surface area contributed by atoms with Crippen molar-refractivity contribution in [2.75, 3.05) is 13.2 Å². The highest BCUT2D eigenvalue weighted by atomic mass is 28.3. The Kier molecular flexibility index (Phi) is 17.4. The van der Waals surface area contributed by atoms with E-state index in [1.165, 1.54) is 70.6 Å². The molecule has 0 aliphatic rings. The predicted octanol–water partition coefficient (Wildman–Crippen LogP) is 4.41. The summed E-state index contributed by atoms with van der Waals surface area (Å²) in [5, 5.41) is 18.7. The molecule has 0 heterocycles. The minimum Gasteiger partial charge on any atom is -0.468 e. The van der Waals surface area contributed by atoms with Crippen LogP contribution in [0, 0.1) is 5.41 Å². The first kappa shape index (κ1) is 27.3. The smallest absolute Gasteiger partial charge is 0.151 e. The second-order valence-electron chi connectivity index (χ2n) is 9.46. The second kappa shape index (κ2) is 17.2. The van der Waals surface area contributed by atoms with Gasteiger partial charge in [-0.05, 0) is 49.0 Å². The summed E-state index contributed by atoms with van der Waals surface area (Å²) < 4.78 is 5.87. The lowest BCUT2D eigenvalue weighted by atomic mass is 9.72. The summed E-state index contributed by atoms with van der Waals surface area (Å²) in [6.45, 7) is 7.85. The maximum absolute atomic E-state index is 9.21. The average molecular weight is 419 g/mol. The van der Waals surface area contributed by atoms with Gasteiger partial charge >= 0.3 is 0 Å². The largest absolute Gasteiger partial charge is 0.468 e. The van der Waals surface area contributed by atoms with Crippen LogP contribution in [-0.4, -0.2) is 43.7 Å². The summed E-state index contributed by atoms with van der Waals surface area (Å²) in [5.74, 6) is 0. The molecule has 164 valence electrons. The number of aliphatic hydroxyl groups excluding tert-OH is 2. The Morgan fingerprint density at radius 2 is 1.22 bits per heavy atom. The maximum atomic E-state index is 9.21. The van der Waals surface area contributed by atoms with Crippen LogP contribution in [0.25, 0.3) is 0 Å². The molecular weight excluding hydrogens is 368 g/mol. The van der Waals surface area contributed by atoms with Crippen molar-refractivity contribution in [2.45, 2.75) is 122 Å². The van der Waals surface area contributed by atoms with Gasteiger partial charge in [0.25, 0.3) is 0 Å². The van der Waals surface area contributed by atoms with E-state index in [0.717, 1.165) is 36.2 Å². The highest BCUT2D eigenvalue weighted by Gasteiger charge is 2.34. The molecule has 0 spiro atoms. The Labute approximate surface area is 175 Å². The van der Waals surface area contributed by atoms with Gasteiger partial charge in [0.05, 0.1) is 0 Å². The third-order valence-electron chi connectivity index (χ3n) is 6.11. The average Bonchev–Trinajstić information content (AvgIpc) is 2.61. The van der Waals surface area contributed by atoms with E-state index in [0.29, 0.717) is 23.7 Å². The molecule has 0 saturated carbocycles. The first-order chi connectivity index (χ1) is 12.9. The molecule has 3 nitrogen and oxygen atoms in total. The lowest BCUT2D eigenvalue weighted by Gasteiger charge is -2.40. The topological polar surface area (TPSA) is 49.7 Å². The summed E-state index contributed by atoms with van der Waals surface area (Å²) in [5.41, 5.74) is 0.375. The van der Waals surface area contributed by atoms with E-state index in [4.69, 9.17) is 9.22 Å². The van der Waals surface area contributed by atoms with Crippen LogP contribution in [0.2, 0.25) is 5.04 Å². The van der Waals surface area contributed by atoms with E-state index in [1.807, 2.05) is 0 Å². The van der Waals surface area contributed by atoms with Crippen LogP contribution in [0.3, 0.4) is 0 Å². The van der Waals surface area contributed by atoms with Gasteiger partial charge in [-0.15, -0.1) is 0 Å². The van der Waals surface area contributed by atoms with Crippen molar-refractivity contribution < 1.29 is 14.3 Å². The van der Waals surface area contributed by atoms with E-state index in [2.05, 4.69) is 20.8 Å². The van der Waals surface area contributed by atoms with Gasteiger partial charge in [0.15, 0.2) is 9.76 Å². The molecule has 0 aromatic carbocycles. The van der Waals surface area contributed by atoms with E-state index < -0.39 is 9.76 Å². The third-order valence-corrected chi connectivity index (χ3v) is 8.56. The zero-order valence-corrected chi connectivity index (χ0v) is 22.4. The van der Waals surface area contributed by atoms with Crippen LogP contribution in [0.15, 0.2) is 0 Å². The molecule has 0 radical (unpaired) electrons. The summed E-state index contributed by atoms with van der Waals surface area (Å²) in [6, 6.07) is 0. The van der Waals surface area contributed by atoms with Gasteiger partial charge in [-0.1, -0.05) is 78.6 Å². The van der Waals surface area contributed by atoms with E-state index >= 15 is 0 Å². The van der Waals surface area contributed by atoms with Crippen molar-refractivity contribution in [3.8, 4) is 0 Å². The molecule has 0 amide bonds. The summed E-state index contributed by atoms with van der Waals surface area (Å²) >= 11 is 0. The Morgan fingerprint density at radius 1 is 0.741 bits per heavy atom. The van der Waals surface area contributed by atoms with E-state index in [9.17, 15) is 5.11 Å².